The van der Waals surface area contributed by atoms with Crippen LogP contribution in [0.4, 0.5) is 0 Å². The predicted octanol–water partition coefficient (Wildman–Crippen LogP) is 2.26. The molecule has 0 saturated heterocycles. The normalized spacial score (nSPS) is 21.8. The lowest BCUT2D eigenvalue weighted by molar-refractivity contribution is -0.154. The van der Waals surface area contributed by atoms with Crippen LogP contribution in [0.5, 0.6) is 5.75 Å². The van der Waals surface area contributed by atoms with Crippen molar-refractivity contribution in [2.24, 2.45) is 0 Å². The van der Waals surface area contributed by atoms with Crippen LogP contribution in [0.15, 0.2) is 35.4 Å². The Balaban J connectivity index is 0.000000907. The van der Waals surface area contributed by atoms with Gasteiger partial charge < -0.3 is 39.7 Å². The first kappa shape index (κ1) is 28.5. The Morgan fingerprint density at radius 2 is 1.89 bits per heavy atom. The number of phenolic OH excluding ortho intramolecular Hbond substituents is 1. The summed E-state index contributed by atoms with van der Waals surface area (Å²) < 4.78 is 10.9. The van der Waals surface area contributed by atoms with Gasteiger partial charge in [0.25, 0.3) is 0 Å². The first-order valence-electron chi connectivity index (χ1n) is 12.6. The highest BCUT2D eigenvalue weighted by Crippen LogP contribution is 2.48. The van der Waals surface area contributed by atoms with Crippen LogP contribution in [-0.2, 0) is 20.8 Å². The van der Waals surface area contributed by atoms with E-state index in [1.165, 1.54) is 0 Å². The van der Waals surface area contributed by atoms with Gasteiger partial charge in [0, 0.05) is 34.2 Å². The van der Waals surface area contributed by atoms with E-state index in [0.29, 0.717) is 45.7 Å². The standard InChI is InChI=1S/C23H25N3O7.2C2H6/c1-25(2)9-14-11-7-13-19(24-16(11)3-4-18(14)28)17-8-12-15(10-33-23(31)20(12)29)21(30)26(17)22(13)32-6-5-27;2*1-2/h3-4,7-8,20-22,27-30H,5-6,9-10H2,1-2H3;2*1-2H3. The van der Waals surface area contributed by atoms with Crippen molar-refractivity contribution in [2.75, 3.05) is 33.9 Å². The van der Waals surface area contributed by atoms with E-state index in [0.717, 1.165) is 5.39 Å². The molecule has 1 aromatic heterocycles. The summed E-state index contributed by atoms with van der Waals surface area (Å²) in [6, 6.07) is 5.19. The molecule has 3 unspecified atom stereocenters. The minimum absolute atomic E-state index is 0.0206. The van der Waals surface area contributed by atoms with Crippen molar-refractivity contribution in [1.29, 1.82) is 0 Å². The molecular weight excluding hydrogens is 478 g/mol. The number of pyridine rings is 1. The number of cyclic esters (lactones) is 1. The third kappa shape index (κ3) is 5.07. The number of carbonyl (C=O) groups is 1. The molecular formula is C27H37N3O7. The summed E-state index contributed by atoms with van der Waals surface area (Å²) >= 11 is 0. The highest BCUT2D eigenvalue weighted by atomic mass is 16.6. The number of aliphatic hydroxyl groups is 3. The third-order valence-electron chi connectivity index (χ3n) is 6.12. The lowest BCUT2D eigenvalue weighted by atomic mass is 9.94. The topological polar surface area (TPSA) is 136 Å². The second kappa shape index (κ2) is 12.0. The summed E-state index contributed by atoms with van der Waals surface area (Å²) in [4.78, 5) is 20.3. The molecule has 10 nitrogen and oxygen atoms in total. The number of phenols is 1. The zero-order valence-corrected chi connectivity index (χ0v) is 22.2. The number of hydrogen-bond donors (Lipinski definition) is 4. The van der Waals surface area contributed by atoms with E-state index in [-0.39, 0.29) is 25.6 Å². The van der Waals surface area contributed by atoms with Crippen LogP contribution in [-0.4, -0.2) is 87.4 Å². The number of esters is 1. The summed E-state index contributed by atoms with van der Waals surface area (Å²) in [6.07, 6.45) is -1.86. The first-order chi connectivity index (χ1) is 17.8. The van der Waals surface area contributed by atoms with E-state index in [4.69, 9.17) is 14.5 Å². The average molecular weight is 516 g/mol. The van der Waals surface area contributed by atoms with Crippen molar-refractivity contribution in [3.8, 4) is 5.75 Å². The highest BCUT2D eigenvalue weighted by Gasteiger charge is 2.46. The molecule has 0 aliphatic carbocycles. The molecule has 3 aliphatic heterocycles. The molecule has 0 fully saturated rings. The van der Waals surface area contributed by atoms with Crippen LogP contribution < -0.4 is 0 Å². The van der Waals surface area contributed by atoms with Crippen LogP contribution in [0.1, 0.15) is 50.7 Å². The monoisotopic (exact) mass is 515 g/mol. The van der Waals surface area contributed by atoms with Crippen LogP contribution in [0, 0.1) is 0 Å². The van der Waals surface area contributed by atoms with Crippen molar-refractivity contribution in [1.82, 2.24) is 14.8 Å². The van der Waals surface area contributed by atoms with Gasteiger partial charge in [0.1, 0.15) is 12.4 Å². The zero-order valence-electron chi connectivity index (χ0n) is 22.2. The summed E-state index contributed by atoms with van der Waals surface area (Å²) in [5.41, 5.74) is 3.69. The van der Waals surface area contributed by atoms with Crippen molar-refractivity contribution in [3.63, 3.8) is 0 Å². The molecule has 2 aromatic rings. The molecule has 3 atom stereocenters. The predicted molar refractivity (Wildman–Crippen MR) is 139 cm³/mol. The fourth-order valence-electron chi connectivity index (χ4n) is 4.64. The Morgan fingerprint density at radius 3 is 2.54 bits per heavy atom. The molecule has 37 heavy (non-hydrogen) atoms. The van der Waals surface area contributed by atoms with Gasteiger partial charge in [-0.05, 0) is 38.4 Å². The fourth-order valence-corrected chi connectivity index (χ4v) is 4.64. The Morgan fingerprint density at radius 1 is 1.19 bits per heavy atom. The average Bonchev–Trinajstić information content (AvgIpc) is 3.21. The van der Waals surface area contributed by atoms with E-state index < -0.39 is 24.5 Å². The minimum Gasteiger partial charge on any atom is -0.508 e. The summed E-state index contributed by atoms with van der Waals surface area (Å²) in [5.74, 6) is -0.621. The Bertz CT molecular complexity index is 1210. The summed E-state index contributed by atoms with van der Waals surface area (Å²) in [5, 5.41) is 42.1. The van der Waals surface area contributed by atoms with E-state index in [1.807, 2.05) is 52.8 Å². The maximum absolute atomic E-state index is 11.9. The lowest BCUT2D eigenvalue weighted by Gasteiger charge is -2.39. The quantitative estimate of drug-likeness (QED) is 0.439. The van der Waals surface area contributed by atoms with Crippen molar-refractivity contribution in [3.05, 3.63) is 52.2 Å². The molecule has 0 amide bonds. The van der Waals surface area contributed by atoms with Crippen LogP contribution in [0.3, 0.4) is 0 Å². The second-order valence-corrected chi connectivity index (χ2v) is 8.54. The number of aromatic nitrogens is 1. The van der Waals surface area contributed by atoms with Gasteiger partial charge in [-0.3, -0.25) is 0 Å². The second-order valence-electron chi connectivity index (χ2n) is 8.54. The zero-order chi connectivity index (χ0) is 27.4. The van der Waals surface area contributed by atoms with Gasteiger partial charge >= 0.3 is 5.97 Å². The molecule has 5 rings (SSSR count). The molecule has 0 saturated carbocycles. The number of fused-ring (bicyclic) bond motifs is 4. The van der Waals surface area contributed by atoms with Crippen molar-refractivity contribution < 1.29 is 34.7 Å². The molecule has 1 aromatic carbocycles. The number of hydrogen-bond acceptors (Lipinski definition) is 10. The largest absolute Gasteiger partial charge is 0.508 e. The first-order valence-corrected chi connectivity index (χ1v) is 12.6. The molecule has 0 spiro atoms. The molecule has 0 bridgehead atoms. The molecule has 4 heterocycles. The van der Waals surface area contributed by atoms with E-state index in [2.05, 4.69) is 0 Å². The van der Waals surface area contributed by atoms with Crippen LogP contribution >= 0.6 is 0 Å². The number of aromatic hydroxyl groups is 1. The number of nitrogens with zero attached hydrogens (tertiary/aromatic N) is 3. The molecule has 3 aliphatic rings. The number of rotatable bonds is 5. The maximum Gasteiger partial charge on any atom is 0.339 e. The number of carbonyl (C=O) groups excluding carboxylic acids is 1. The lowest BCUT2D eigenvalue weighted by Crippen LogP contribution is -2.44. The van der Waals surface area contributed by atoms with Crippen LogP contribution in [0.25, 0.3) is 16.6 Å². The number of benzene rings is 1. The van der Waals surface area contributed by atoms with Crippen molar-refractivity contribution in [2.45, 2.75) is 52.8 Å². The maximum atomic E-state index is 11.9. The highest BCUT2D eigenvalue weighted by molar-refractivity contribution is 5.90. The Labute approximate surface area is 217 Å². The van der Waals surface area contributed by atoms with Gasteiger partial charge in [-0.2, -0.15) is 0 Å². The van der Waals surface area contributed by atoms with Gasteiger partial charge in [0.2, 0.25) is 0 Å². The fraction of sp³-hybridized carbons (Fsp3) is 0.481. The molecule has 202 valence electrons. The molecule has 10 heteroatoms. The molecule has 0 radical (unpaired) electrons. The SMILES string of the molecule is CC.CC.CN(C)Cc1c(O)ccc2nc3c(cc12)C(OCCO)N1C3=CC2=C(COC(=O)C2O)C1O. The summed E-state index contributed by atoms with van der Waals surface area (Å²) in [7, 11) is 3.80. The summed E-state index contributed by atoms with van der Waals surface area (Å²) in [6.45, 7) is 8.15. The Hall–Kier alpha value is -3.02. The van der Waals surface area contributed by atoms with Crippen molar-refractivity contribution >= 4 is 22.6 Å². The third-order valence-corrected chi connectivity index (χ3v) is 6.12. The van der Waals surface area contributed by atoms with E-state index >= 15 is 0 Å². The minimum atomic E-state index is -1.50. The number of ether oxygens (including phenoxy) is 2. The van der Waals surface area contributed by atoms with Gasteiger partial charge in [0.15, 0.2) is 18.6 Å². The smallest absolute Gasteiger partial charge is 0.339 e. The number of aliphatic hydroxyl groups excluding tert-OH is 3. The van der Waals surface area contributed by atoms with Crippen LogP contribution in [0.2, 0.25) is 0 Å². The Kier molecular flexibility index (Phi) is 9.27. The van der Waals surface area contributed by atoms with Gasteiger partial charge in [0.05, 0.1) is 30.1 Å². The molecule has 4 N–H and O–H groups in total. The van der Waals surface area contributed by atoms with Gasteiger partial charge in [-0.1, -0.05) is 27.7 Å². The van der Waals surface area contributed by atoms with Gasteiger partial charge in [-0.25, -0.2) is 9.78 Å². The van der Waals surface area contributed by atoms with Gasteiger partial charge in [-0.15, -0.1) is 0 Å². The van der Waals surface area contributed by atoms with E-state index in [1.54, 1.807) is 23.1 Å². The van der Waals surface area contributed by atoms with E-state index in [9.17, 15) is 25.2 Å².